The highest BCUT2D eigenvalue weighted by Crippen LogP contribution is 2.18. The zero-order valence-electron chi connectivity index (χ0n) is 14.7. The zero-order valence-corrected chi connectivity index (χ0v) is 14.7. The summed E-state index contributed by atoms with van der Waals surface area (Å²) in [6.45, 7) is 6.34. The van der Waals surface area contributed by atoms with Gasteiger partial charge in [0.15, 0.2) is 0 Å². The summed E-state index contributed by atoms with van der Waals surface area (Å²) in [6.07, 6.45) is 0.760. The van der Waals surface area contributed by atoms with E-state index in [4.69, 9.17) is 4.74 Å². The molecular formula is C17H23N3O5. The summed E-state index contributed by atoms with van der Waals surface area (Å²) in [5, 5.41) is 13.6. The average molecular weight is 349 g/mol. The molecule has 8 nitrogen and oxygen atoms in total. The number of nitrogens with zero attached hydrogens (tertiary/aromatic N) is 2. The Labute approximate surface area is 146 Å². The van der Waals surface area contributed by atoms with E-state index in [1.807, 2.05) is 0 Å². The Morgan fingerprint density at radius 2 is 1.92 bits per heavy atom. The van der Waals surface area contributed by atoms with Gasteiger partial charge in [-0.15, -0.1) is 0 Å². The maximum absolute atomic E-state index is 12.5. The molecule has 1 saturated heterocycles. The first-order valence-electron chi connectivity index (χ1n) is 8.19. The van der Waals surface area contributed by atoms with Crippen LogP contribution < -0.4 is 5.32 Å². The summed E-state index contributed by atoms with van der Waals surface area (Å²) < 4.78 is 5.23. The monoisotopic (exact) mass is 349 g/mol. The Bertz CT molecular complexity index is 660. The van der Waals surface area contributed by atoms with Crippen LogP contribution in [0.1, 0.15) is 44.0 Å². The first-order valence-corrected chi connectivity index (χ1v) is 8.19. The number of carbonyl (C=O) groups excluding carboxylic acids is 2. The van der Waals surface area contributed by atoms with E-state index in [1.165, 1.54) is 18.2 Å². The van der Waals surface area contributed by atoms with Crippen molar-refractivity contribution in [2.75, 3.05) is 13.1 Å². The minimum Gasteiger partial charge on any atom is -0.444 e. The normalized spacial score (nSPS) is 15.6. The molecule has 8 heteroatoms. The molecule has 1 aliphatic heterocycles. The third-order valence-electron chi connectivity index (χ3n) is 3.81. The number of carbonyl (C=O) groups is 2. The van der Waals surface area contributed by atoms with Gasteiger partial charge in [0.05, 0.1) is 4.92 Å². The Morgan fingerprint density at radius 3 is 2.48 bits per heavy atom. The number of nitrogens with one attached hydrogen (secondary N) is 1. The highest BCUT2D eigenvalue weighted by Gasteiger charge is 2.26. The number of rotatable bonds is 3. The van der Waals surface area contributed by atoms with Gasteiger partial charge in [-0.25, -0.2) is 4.79 Å². The molecule has 0 saturated carbocycles. The van der Waals surface area contributed by atoms with Gasteiger partial charge < -0.3 is 15.0 Å². The minimum atomic E-state index is -0.553. The van der Waals surface area contributed by atoms with Gasteiger partial charge in [-0.1, -0.05) is 6.07 Å². The number of nitro groups is 1. The molecule has 2 rings (SSSR count). The number of benzene rings is 1. The SMILES string of the molecule is CC(C)(C)OC(=O)NC1CCN(C(=O)c2cccc([N+](=O)[O-])c2)CC1. The zero-order chi connectivity index (χ0) is 18.6. The predicted molar refractivity (Wildman–Crippen MR) is 91.4 cm³/mol. The lowest BCUT2D eigenvalue weighted by Crippen LogP contribution is -2.47. The molecule has 0 spiro atoms. The molecule has 1 aromatic carbocycles. The maximum Gasteiger partial charge on any atom is 0.407 e. The van der Waals surface area contributed by atoms with Crippen molar-refractivity contribution in [1.82, 2.24) is 10.2 Å². The van der Waals surface area contributed by atoms with Crippen molar-refractivity contribution in [3.63, 3.8) is 0 Å². The van der Waals surface area contributed by atoms with Crippen LogP contribution in [0.3, 0.4) is 0 Å². The third kappa shape index (κ3) is 5.44. The molecule has 1 aliphatic rings. The second-order valence-corrected chi connectivity index (χ2v) is 7.02. The van der Waals surface area contributed by atoms with Crippen LogP contribution in [0.2, 0.25) is 0 Å². The van der Waals surface area contributed by atoms with Crippen LogP contribution >= 0.6 is 0 Å². The maximum atomic E-state index is 12.5. The van der Waals surface area contributed by atoms with Crippen molar-refractivity contribution in [2.24, 2.45) is 0 Å². The number of hydrogen-bond donors (Lipinski definition) is 1. The van der Waals surface area contributed by atoms with Gasteiger partial charge in [0.1, 0.15) is 5.60 Å². The number of amides is 2. The fourth-order valence-corrected chi connectivity index (χ4v) is 2.64. The molecule has 0 atom stereocenters. The fraction of sp³-hybridized carbons (Fsp3) is 0.529. The van der Waals surface area contributed by atoms with Crippen molar-refractivity contribution in [2.45, 2.75) is 45.3 Å². The van der Waals surface area contributed by atoms with E-state index in [2.05, 4.69) is 5.32 Å². The molecule has 0 radical (unpaired) electrons. The van der Waals surface area contributed by atoms with Crippen molar-refractivity contribution in [3.05, 3.63) is 39.9 Å². The van der Waals surface area contributed by atoms with Gasteiger partial charge in [-0.3, -0.25) is 14.9 Å². The van der Waals surface area contributed by atoms with E-state index in [-0.39, 0.29) is 17.6 Å². The largest absolute Gasteiger partial charge is 0.444 e. The number of likely N-dealkylation sites (tertiary alicyclic amines) is 1. The summed E-state index contributed by atoms with van der Waals surface area (Å²) in [6, 6.07) is 5.66. The van der Waals surface area contributed by atoms with E-state index in [0.29, 0.717) is 31.5 Å². The van der Waals surface area contributed by atoms with Gasteiger partial charge in [0.2, 0.25) is 0 Å². The molecule has 1 heterocycles. The summed E-state index contributed by atoms with van der Waals surface area (Å²) in [5.74, 6) is -0.237. The summed E-state index contributed by atoms with van der Waals surface area (Å²) in [5.41, 5.74) is -0.358. The minimum absolute atomic E-state index is 0.0518. The van der Waals surface area contributed by atoms with Crippen molar-refractivity contribution in [1.29, 1.82) is 0 Å². The number of hydrogen-bond acceptors (Lipinski definition) is 5. The first kappa shape index (κ1) is 18.7. The summed E-state index contributed by atoms with van der Waals surface area (Å²) in [4.78, 5) is 36.2. The summed E-state index contributed by atoms with van der Waals surface area (Å²) >= 11 is 0. The van der Waals surface area contributed by atoms with E-state index in [0.717, 1.165) is 0 Å². The van der Waals surface area contributed by atoms with E-state index in [9.17, 15) is 19.7 Å². The molecule has 0 aromatic heterocycles. The van der Waals surface area contributed by atoms with E-state index >= 15 is 0 Å². The molecule has 136 valence electrons. The molecule has 1 aromatic rings. The smallest absolute Gasteiger partial charge is 0.407 e. The quantitative estimate of drug-likeness (QED) is 0.668. The first-order chi connectivity index (χ1) is 11.7. The van der Waals surface area contributed by atoms with Gasteiger partial charge in [-0.05, 0) is 39.7 Å². The van der Waals surface area contributed by atoms with Crippen LogP contribution in [0.5, 0.6) is 0 Å². The van der Waals surface area contributed by atoms with E-state index in [1.54, 1.807) is 31.7 Å². The fourth-order valence-electron chi connectivity index (χ4n) is 2.64. The topological polar surface area (TPSA) is 102 Å². The molecule has 1 fully saturated rings. The summed E-state index contributed by atoms with van der Waals surface area (Å²) in [7, 11) is 0. The Balaban J connectivity index is 1.89. The lowest BCUT2D eigenvalue weighted by molar-refractivity contribution is -0.384. The van der Waals surface area contributed by atoms with Gasteiger partial charge in [0, 0.05) is 36.8 Å². The number of non-ortho nitro benzene ring substituents is 1. The molecule has 0 unspecified atom stereocenters. The lowest BCUT2D eigenvalue weighted by Gasteiger charge is -2.32. The highest BCUT2D eigenvalue weighted by molar-refractivity contribution is 5.94. The predicted octanol–water partition coefficient (Wildman–Crippen LogP) is 2.72. The molecule has 0 bridgehead atoms. The van der Waals surface area contributed by atoms with Crippen molar-refractivity contribution >= 4 is 17.7 Å². The van der Waals surface area contributed by atoms with Crippen LogP contribution in [0, 0.1) is 10.1 Å². The van der Waals surface area contributed by atoms with Gasteiger partial charge in [0.25, 0.3) is 11.6 Å². The Kier molecular flexibility index (Phi) is 5.61. The number of ether oxygens (including phenoxy) is 1. The molecule has 1 N–H and O–H groups in total. The third-order valence-corrected chi connectivity index (χ3v) is 3.81. The molecular weight excluding hydrogens is 326 g/mol. The van der Waals surface area contributed by atoms with Crippen LogP contribution in [-0.4, -0.2) is 46.6 Å². The van der Waals surface area contributed by atoms with Crippen LogP contribution in [-0.2, 0) is 4.74 Å². The van der Waals surface area contributed by atoms with E-state index < -0.39 is 16.6 Å². The molecule has 2 amide bonds. The number of alkyl carbamates (subject to hydrolysis) is 1. The van der Waals surface area contributed by atoms with Crippen LogP contribution in [0.4, 0.5) is 10.5 Å². The van der Waals surface area contributed by atoms with Gasteiger partial charge >= 0.3 is 6.09 Å². The Hall–Kier alpha value is -2.64. The number of piperidine rings is 1. The second kappa shape index (κ2) is 7.50. The van der Waals surface area contributed by atoms with Gasteiger partial charge in [-0.2, -0.15) is 0 Å². The second-order valence-electron chi connectivity index (χ2n) is 7.02. The molecule has 0 aliphatic carbocycles. The molecule has 25 heavy (non-hydrogen) atoms. The Morgan fingerprint density at radius 1 is 1.28 bits per heavy atom. The standard InChI is InChI=1S/C17H23N3O5/c1-17(2,3)25-16(22)18-13-7-9-19(10-8-13)15(21)12-5-4-6-14(11-12)20(23)24/h4-6,11,13H,7-10H2,1-3H3,(H,18,22). The lowest BCUT2D eigenvalue weighted by atomic mass is 10.0. The van der Waals surface area contributed by atoms with Crippen LogP contribution in [0.25, 0.3) is 0 Å². The van der Waals surface area contributed by atoms with Crippen LogP contribution in [0.15, 0.2) is 24.3 Å². The van der Waals surface area contributed by atoms with Crippen molar-refractivity contribution < 1.29 is 19.2 Å². The van der Waals surface area contributed by atoms with Crippen molar-refractivity contribution in [3.8, 4) is 0 Å². The average Bonchev–Trinajstić information content (AvgIpc) is 2.53. The number of nitro benzene ring substituents is 1. The highest BCUT2D eigenvalue weighted by atomic mass is 16.6.